The van der Waals surface area contributed by atoms with Crippen LogP contribution in [0.2, 0.25) is 0 Å². The van der Waals surface area contributed by atoms with Gasteiger partial charge in [0.2, 0.25) is 0 Å². The second-order valence-electron chi connectivity index (χ2n) is 4.38. The maximum Gasteiger partial charge on any atom is 0.122 e. The summed E-state index contributed by atoms with van der Waals surface area (Å²) in [7, 11) is 0. The van der Waals surface area contributed by atoms with Crippen molar-refractivity contribution in [1.29, 1.82) is 0 Å². The molecule has 1 aromatic rings. The van der Waals surface area contributed by atoms with Gasteiger partial charge >= 0.3 is 0 Å². The van der Waals surface area contributed by atoms with E-state index in [9.17, 15) is 0 Å². The Labute approximate surface area is 92.5 Å². The number of para-hydroxylation sites is 1. The highest BCUT2D eigenvalue weighted by atomic mass is 16.5. The van der Waals surface area contributed by atoms with Crippen molar-refractivity contribution in [3.05, 3.63) is 29.8 Å². The first-order chi connectivity index (χ1) is 7.40. The number of unbranched alkanes of at least 4 members (excludes halogenated alkanes) is 2. The molecular formula is C14H20O. The minimum absolute atomic E-state index is 0.464. The van der Waals surface area contributed by atoms with E-state index in [0.717, 1.165) is 5.75 Å². The molecule has 2 rings (SSSR count). The van der Waals surface area contributed by atoms with Gasteiger partial charge in [0, 0.05) is 0 Å². The highest BCUT2D eigenvalue weighted by Gasteiger charge is 2.18. The molecule has 0 saturated carbocycles. The molecule has 15 heavy (non-hydrogen) atoms. The summed E-state index contributed by atoms with van der Waals surface area (Å²) in [6, 6.07) is 8.44. The Morgan fingerprint density at radius 3 is 3.00 bits per heavy atom. The molecule has 0 saturated heterocycles. The average molecular weight is 204 g/mol. The Morgan fingerprint density at radius 2 is 2.13 bits per heavy atom. The first-order valence-corrected chi connectivity index (χ1v) is 6.14. The molecule has 0 aliphatic carbocycles. The lowest BCUT2D eigenvalue weighted by Gasteiger charge is -2.26. The van der Waals surface area contributed by atoms with Crippen LogP contribution in [0.4, 0.5) is 0 Å². The van der Waals surface area contributed by atoms with Crippen molar-refractivity contribution in [3.63, 3.8) is 0 Å². The average Bonchev–Trinajstić information content (AvgIpc) is 2.29. The van der Waals surface area contributed by atoms with Crippen LogP contribution >= 0.6 is 0 Å². The summed E-state index contributed by atoms with van der Waals surface area (Å²) >= 11 is 0. The molecule has 1 nitrogen and oxygen atoms in total. The van der Waals surface area contributed by atoms with Gasteiger partial charge in [0.05, 0.1) is 6.10 Å². The zero-order chi connectivity index (χ0) is 10.5. The van der Waals surface area contributed by atoms with Crippen molar-refractivity contribution in [2.45, 2.75) is 51.6 Å². The summed E-state index contributed by atoms with van der Waals surface area (Å²) in [5, 5.41) is 0. The van der Waals surface area contributed by atoms with Crippen molar-refractivity contribution < 1.29 is 4.74 Å². The number of aryl methyl sites for hydroxylation is 1. The molecular weight excluding hydrogens is 184 g/mol. The van der Waals surface area contributed by atoms with E-state index in [4.69, 9.17) is 4.74 Å². The fourth-order valence-electron chi connectivity index (χ4n) is 2.21. The van der Waals surface area contributed by atoms with Gasteiger partial charge in [-0.1, -0.05) is 38.0 Å². The van der Waals surface area contributed by atoms with Crippen LogP contribution in [0.25, 0.3) is 0 Å². The van der Waals surface area contributed by atoms with Gasteiger partial charge in [0.25, 0.3) is 0 Å². The second kappa shape index (κ2) is 5.20. The lowest BCUT2D eigenvalue weighted by Crippen LogP contribution is -2.22. The van der Waals surface area contributed by atoms with Crippen molar-refractivity contribution in [3.8, 4) is 5.75 Å². The molecule has 1 aromatic carbocycles. The van der Waals surface area contributed by atoms with Gasteiger partial charge in [0.1, 0.15) is 5.75 Å². The van der Waals surface area contributed by atoms with Crippen LogP contribution < -0.4 is 4.74 Å². The minimum Gasteiger partial charge on any atom is -0.490 e. The Hall–Kier alpha value is -0.980. The predicted octanol–water partition coefficient (Wildman–Crippen LogP) is 3.96. The number of hydrogen-bond donors (Lipinski definition) is 0. The third-order valence-electron chi connectivity index (χ3n) is 3.13. The van der Waals surface area contributed by atoms with E-state index < -0.39 is 0 Å². The van der Waals surface area contributed by atoms with Crippen LogP contribution in [-0.4, -0.2) is 6.10 Å². The maximum absolute atomic E-state index is 5.98. The van der Waals surface area contributed by atoms with E-state index in [1.165, 1.54) is 44.1 Å². The van der Waals surface area contributed by atoms with E-state index >= 15 is 0 Å². The Bertz CT molecular complexity index is 306. The number of benzene rings is 1. The quantitative estimate of drug-likeness (QED) is 0.674. The first-order valence-electron chi connectivity index (χ1n) is 6.14. The summed E-state index contributed by atoms with van der Waals surface area (Å²) in [6.45, 7) is 2.25. The zero-order valence-corrected chi connectivity index (χ0v) is 9.54. The number of rotatable bonds is 4. The van der Waals surface area contributed by atoms with Crippen molar-refractivity contribution >= 4 is 0 Å². The molecule has 1 heteroatoms. The molecule has 0 N–H and O–H groups in total. The van der Waals surface area contributed by atoms with Crippen LogP contribution in [0.15, 0.2) is 24.3 Å². The smallest absolute Gasteiger partial charge is 0.122 e. The number of hydrogen-bond acceptors (Lipinski definition) is 1. The maximum atomic E-state index is 5.98. The minimum atomic E-state index is 0.464. The van der Waals surface area contributed by atoms with Crippen LogP contribution in [0.3, 0.4) is 0 Å². The monoisotopic (exact) mass is 204 g/mol. The van der Waals surface area contributed by atoms with Gasteiger partial charge in [-0.2, -0.15) is 0 Å². The topological polar surface area (TPSA) is 9.23 Å². The lowest BCUT2D eigenvalue weighted by molar-refractivity contribution is 0.160. The summed E-state index contributed by atoms with van der Waals surface area (Å²) in [4.78, 5) is 0. The Balaban J connectivity index is 1.88. The van der Waals surface area contributed by atoms with Gasteiger partial charge in [-0.25, -0.2) is 0 Å². The number of ether oxygens (including phenoxy) is 1. The van der Waals surface area contributed by atoms with E-state index in [2.05, 4.69) is 31.2 Å². The highest BCUT2D eigenvalue weighted by Crippen LogP contribution is 2.28. The molecule has 1 aliphatic rings. The van der Waals surface area contributed by atoms with Gasteiger partial charge in [-0.15, -0.1) is 0 Å². The van der Waals surface area contributed by atoms with Gasteiger partial charge in [-0.3, -0.25) is 0 Å². The third kappa shape index (κ3) is 2.74. The molecule has 0 radical (unpaired) electrons. The van der Waals surface area contributed by atoms with Gasteiger partial charge in [-0.05, 0) is 37.3 Å². The van der Waals surface area contributed by atoms with E-state index in [-0.39, 0.29) is 0 Å². The molecule has 0 amide bonds. The van der Waals surface area contributed by atoms with Crippen LogP contribution in [-0.2, 0) is 6.42 Å². The van der Waals surface area contributed by atoms with E-state index in [1.807, 2.05) is 0 Å². The van der Waals surface area contributed by atoms with Gasteiger partial charge in [0.15, 0.2) is 0 Å². The van der Waals surface area contributed by atoms with Crippen LogP contribution in [0.5, 0.6) is 5.75 Å². The molecule has 1 heterocycles. The molecule has 1 aliphatic heterocycles. The van der Waals surface area contributed by atoms with Crippen molar-refractivity contribution in [2.24, 2.45) is 0 Å². The standard InChI is InChI=1S/C14H20O/c1-2-3-4-8-13-11-10-12-7-5-6-9-14(12)15-13/h5-7,9,13H,2-4,8,10-11H2,1H3/t13-/m1/s1. The summed E-state index contributed by atoms with van der Waals surface area (Å²) in [5.74, 6) is 1.12. The third-order valence-corrected chi connectivity index (χ3v) is 3.13. The summed E-state index contributed by atoms with van der Waals surface area (Å²) in [5.41, 5.74) is 1.38. The SMILES string of the molecule is CCCCC[C@@H]1CCc2ccccc2O1. The van der Waals surface area contributed by atoms with E-state index in [0.29, 0.717) is 6.10 Å². The normalized spacial score (nSPS) is 19.4. The van der Waals surface area contributed by atoms with E-state index in [1.54, 1.807) is 0 Å². The first kappa shape index (κ1) is 10.5. The van der Waals surface area contributed by atoms with Crippen molar-refractivity contribution in [2.75, 3.05) is 0 Å². The number of fused-ring (bicyclic) bond motifs is 1. The summed E-state index contributed by atoms with van der Waals surface area (Å²) in [6.07, 6.45) is 8.01. The molecule has 82 valence electrons. The van der Waals surface area contributed by atoms with Crippen LogP contribution in [0, 0.1) is 0 Å². The molecule has 0 aromatic heterocycles. The molecule has 1 atom stereocenters. The highest BCUT2D eigenvalue weighted by molar-refractivity contribution is 5.35. The molecule has 0 fully saturated rings. The molecule has 0 unspecified atom stereocenters. The fraction of sp³-hybridized carbons (Fsp3) is 0.571. The summed E-state index contributed by atoms with van der Waals surface area (Å²) < 4.78 is 5.98. The van der Waals surface area contributed by atoms with Crippen molar-refractivity contribution in [1.82, 2.24) is 0 Å². The van der Waals surface area contributed by atoms with Gasteiger partial charge < -0.3 is 4.74 Å². The van der Waals surface area contributed by atoms with Crippen LogP contribution in [0.1, 0.15) is 44.6 Å². The predicted molar refractivity (Wildman–Crippen MR) is 63.3 cm³/mol. The largest absolute Gasteiger partial charge is 0.490 e. The molecule has 0 spiro atoms. The zero-order valence-electron chi connectivity index (χ0n) is 9.54. The fourth-order valence-corrected chi connectivity index (χ4v) is 2.21. The lowest BCUT2D eigenvalue weighted by atomic mass is 9.99. The Kier molecular flexibility index (Phi) is 3.65. The second-order valence-corrected chi connectivity index (χ2v) is 4.38. The molecule has 0 bridgehead atoms. The Morgan fingerprint density at radius 1 is 1.27 bits per heavy atom.